The van der Waals surface area contributed by atoms with Crippen molar-refractivity contribution in [2.75, 3.05) is 0 Å². The molecule has 4 nitrogen and oxygen atoms in total. The highest BCUT2D eigenvalue weighted by molar-refractivity contribution is 7.49. The maximum atomic E-state index is 13.4. The van der Waals surface area contributed by atoms with Crippen LogP contribution in [0.5, 0.6) is 17.2 Å². The van der Waals surface area contributed by atoms with Gasteiger partial charge in [-0.05, 0) is 60.4 Å². The van der Waals surface area contributed by atoms with E-state index in [1.54, 1.807) is 48.5 Å². The van der Waals surface area contributed by atoms with Crippen LogP contribution in [0.15, 0.2) is 104 Å². The zero-order valence-electron chi connectivity index (χ0n) is 16.1. The summed E-state index contributed by atoms with van der Waals surface area (Å²) in [5, 5.41) is 0. The molecule has 0 radical (unpaired) electrons. The van der Waals surface area contributed by atoms with E-state index in [4.69, 9.17) is 13.6 Å². The Kier molecular flexibility index (Phi) is 6.94. The summed E-state index contributed by atoms with van der Waals surface area (Å²) in [5.74, 6) is 1.17. The molecule has 0 saturated heterocycles. The Bertz CT molecular complexity index is 920. The Morgan fingerprint density at radius 3 is 1.38 bits per heavy atom. The Balaban J connectivity index is 1.83. The van der Waals surface area contributed by atoms with E-state index in [-0.39, 0.29) is 0 Å². The van der Waals surface area contributed by atoms with Crippen molar-refractivity contribution < 1.29 is 18.1 Å². The van der Waals surface area contributed by atoms with Crippen molar-refractivity contribution in [1.82, 2.24) is 0 Å². The highest BCUT2D eigenvalue weighted by atomic mass is 31.2. The minimum atomic E-state index is -3.99. The molecule has 0 saturated carbocycles. The zero-order valence-corrected chi connectivity index (χ0v) is 17.0. The number of allylic oxidation sites excluding steroid dienone is 2. The van der Waals surface area contributed by atoms with Crippen molar-refractivity contribution in [3.05, 3.63) is 115 Å². The average molecular weight is 406 g/mol. The molecule has 0 aliphatic carbocycles. The third-order valence-corrected chi connectivity index (χ3v) is 5.30. The maximum absolute atomic E-state index is 13.4. The van der Waals surface area contributed by atoms with Gasteiger partial charge < -0.3 is 13.6 Å². The van der Waals surface area contributed by atoms with Crippen molar-refractivity contribution in [1.29, 1.82) is 0 Å². The number of rotatable bonds is 10. The predicted octanol–water partition coefficient (Wildman–Crippen LogP) is 6.79. The molecular formula is C24H23O4P. The Morgan fingerprint density at radius 1 is 0.621 bits per heavy atom. The van der Waals surface area contributed by atoms with Crippen LogP contribution in [0.3, 0.4) is 0 Å². The summed E-state index contributed by atoms with van der Waals surface area (Å²) < 4.78 is 30.5. The van der Waals surface area contributed by atoms with Crippen LogP contribution < -0.4 is 13.6 Å². The van der Waals surface area contributed by atoms with Gasteiger partial charge >= 0.3 is 7.82 Å². The molecule has 148 valence electrons. The molecule has 5 heteroatoms. The molecule has 0 atom stereocenters. The third kappa shape index (κ3) is 6.13. The average Bonchev–Trinajstić information content (AvgIpc) is 2.72. The molecule has 0 heterocycles. The zero-order chi connectivity index (χ0) is 20.5. The van der Waals surface area contributed by atoms with Gasteiger partial charge in [-0.2, -0.15) is 4.57 Å². The summed E-state index contributed by atoms with van der Waals surface area (Å²) in [6.45, 7) is 7.46. The van der Waals surface area contributed by atoms with Crippen LogP contribution in [0.1, 0.15) is 11.1 Å². The second kappa shape index (κ2) is 9.81. The van der Waals surface area contributed by atoms with Gasteiger partial charge in [0.15, 0.2) is 0 Å². The lowest BCUT2D eigenvalue weighted by Crippen LogP contribution is -2.07. The van der Waals surface area contributed by atoms with Crippen molar-refractivity contribution in [2.45, 2.75) is 12.8 Å². The number of benzene rings is 3. The monoisotopic (exact) mass is 406 g/mol. The lowest BCUT2D eigenvalue weighted by Gasteiger charge is -2.19. The molecule has 0 spiro atoms. The van der Waals surface area contributed by atoms with E-state index in [1.165, 1.54) is 0 Å². The highest BCUT2D eigenvalue weighted by Crippen LogP contribution is 2.49. The van der Waals surface area contributed by atoms with Crippen molar-refractivity contribution in [2.24, 2.45) is 0 Å². The SMILES string of the molecule is C=CCc1ccc(OP(=O)(Oc2ccccc2)Oc2ccc(CC=C)cc2)cc1. The summed E-state index contributed by atoms with van der Waals surface area (Å²) in [5.41, 5.74) is 2.15. The lowest BCUT2D eigenvalue weighted by molar-refractivity contribution is 0.298. The number of hydrogen-bond acceptors (Lipinski definition) is 4. The highest BCUT2D eigenvalue weighted by Gasteiger charge is 2.33. The van der Waals surface area contributed by atoms with Gasteiger partial charge in [0.1, 0.15) is 17.2 Å². The van der Waals surface area contributed by atoms with Gasteiger partial charge in [0, 0.05) is 0 Å². The van der Waals surface area contributed by atoms with Gasteiger partial charge in [0.05, 0.1) is 0 Å². The van der Waals surface area contributed by atoms with Gasteiger partial charge in [-0.25, -0.2) is 0 Å². The van der Waals surface area contributed by atoms with Crippen LogP contribution in [0.2, 0.25) is 0 Å². The smallest absolute Gasteiger partial charge is 0.386 e. The van der Waals surface area contributed by atoms with Crippen LogP contribution in [0.4, 0.5) is 0 Å². The third-order valence-electron chi connectivity index (χ3n) is 4.00. The minimum absolute atomic E-state index is 0.389. The van der Waals surface area contributed by atoms with Crippen LogP contribution in [0.25, 0.3) is 0 Å². The first-order chi connectivity index (χ1) is 14.1. The predicted molar refractivity (Wildman–Crippen MR) is 117 cm³/mol. The second-order valence-electron chi connectivity index (χ2n) is 6.31. The molecule has 0 aliphatic rings. The number of phosphoric ester groups is 1. The fourth-order valence-electron chi connectivity index (χ4n) is 2.63. The van der Waals surface area contributed by atoms with Gasteiger partial charge in [-0.15, -0.1) is 13.2 Å². The Labute approximate surface area is 171 Å². The van der Waals surface area contributed by atoms with Gasteiger partial charge in [0.2, 0.25) is 0 Å². The fourth-order valence-corrected chi connectivity index (χ4v) is 3.88. The summed E-state index contributed by atoms with van der Waals surface area (Å²) in [4.78, 5) is 0. The molecule has 0 N–H and O–H groups in total. The largest absolute Gasteiger partial charge is 0.647 e. The molecule has 3 rings (SSSR count). The van der Waals surface area contributed by atoms with Gasteiger partial charge in [-0.3, -0.25) is 0 Å². The van der Waals surface area contributed by atoms with E-state index in [0.717, 1.165) is 24.0 Å². The Morgan fingerprint density at radius 2 is 1.00 bits per heavy atom. The molecule has 0 bridgehead atoms. The van der Waals surface area contributed by atoms with E-state index in [9.17, 15) is 4.57 Å². The topological polar surface area (TPSA) is 44.8 Å². The number of para-hydroxylation sites is 1. The van der Waals surface area contributed by atoms with Crippen LogP contribution in [-0.4, -0.2) is 0 Å². The number of hydrogen-bond donors (Lipinski definition) is 0. The Hall–Kier alpha value is -3.23. The molecule has 29 heavy (non-hydrogen) atoms. The van der Waals surface area contributed by atoms with Gasteiger partial charge in [-0.1, -0.05) is 54.6 Å². The normalized spacial score (nSPS) is 10.8. The first kappa shape index (κ1) is 20.5. The molecule has 0 unspecified atom stereocenters. The second-order valence-corrected chi connectivity index (χ2v) is 7.75. The maximum Gasteiger partial charge on any atom is 0.647 e. The number of phosphoric acid groups is 1. The summed E-state index contributed by atoms with van der Waals surface area (Å²) in [7, 11) is -3.99. The van der Waals surface area contributed by atoms with E-state index in [0.29, 0.717) is 17.2 Å². The minimum Gasteiger partial charge on any atom is -0.386 e. The van der Waals surface area contributed by atoms with Gasteiger partial charge in [0.25, 0.3) is 0 Å². The first-order valence-corrected chi connectivity index (χ1v) is 10.7. The van der Waals surface area contributed by atoms with E-state index in [2.05, 4.69) is 13.2 Å². The summed E-state index contributed by atoms with van der Waals surface area (Å²) in [6, 6.07) is 23.3. The summed E-state index contributed by atoms with van der Waals surface area (Å²) in [6.07, 6.45) is 5.12. The van der Waals surface area contributed by atoms with Crippen LogP contribution >= 0.6 is 7.82 Å². The molecule has 0 amide bonds. The molecule has 3 aromatic rings. The van der Waals surface area contributed by atoms with E-state index in [1.807, 2.05) is 42.5 Å². The van der Waals surface area contributed by atoms with Crippen LogP contribution in [0, 0.1) is 0 Å². The fraction of sp³-hybridized carbons (Fsp3) is 0.0833. The quantitative estimate of drug-likeness (QED) is 0.275. The van der Waals surface area contributed by atoms with Crippen molar-refractivity contribution >= 4 is 7.82 Å². The standard InChI is InChI=1S/C24H23O4P/c1-3-8-20-12-16-23(17-13-20)27-29(25,26-22-10-6-5-7-11-22)28-24-18-14-21(9-4-2)15-19-24/h3-7,10-19H,1-2,8-9H2. The van der Waals surface area contributed by atoms with E-state index < -0.39 is 7.82 Å². The molecule has 0 fully saturated rings. The first-order valence-electron chi connectivity index (χ1n) is 9.24. The molecule has 0 aromatic heterocycles. The molecule has 0 aliphatic heterocycles. The van der Waals surface area contributed by atoms with Crippen molar-refractivity contribution in [3.8, 4) is 17.2 Å². The molecule has 3 aromatic carbocycles. The van der Waals surface area contributed by atoms with Crippen molar-refractivity contribution in [3.63, 3.8) is 0 Å². The van der Waals surface area contributed by atoms with Crippen LogP contribution in [-0.2, 0) is 17.4 Å². The lowest BCUT2D eigenvalue weighted by atomic mass is 10.1. The van der Waals surface area contributed by atoms with E-state index >= 15 is 0 Å². The molecular weight excluding hydrogens is 383 g/mol. The summed E-state index contributed by atoms with van der Waals surface area (Å²) >= 11 is 0.